The molecule has 0 radical (unpaired) electrons. The Morgan fingerprint density at radius 1 is 1.17 bits per heavy atom. The Bertz CT molecular complexity index is 1160. The maximum atomic E-state index is 11.9. The van der Waals surface area contributed by atoms with Crippen LogP contribution in [-0.2, 0) is 0 Å². The Labute approximate surface area is 171 Å². The molecule has 0 aliphatic rings. The smallest absolute Gasteiger partial charge is 0.321 e. The van der Waals surface area contributed by atoms with Gasteiger partial charge in [0.1, 0.15) is 11.4 Å². The van der Waals surface area contributed by atoms with Crippen molar-refractivity contribution < 1.29 is 9.53 Å². The summed E-state index contributed by atoms with van der Waals surface area (Å²) in [6.07, 6.45) is 5.28. The molecule has 0 aliphatic carbocycles. The number of hydrogen-bond acceptors (Lipinski definition) is 6. The average Bonchev–Trinajstić information content (AvgIpc) is 3.16. The molecule has 3 aromatic heterocycles. The number of pyridine rings is 2. The van der Waals surface area contributed by atoms with Gasteiger partial charge in [-0.15, -0.1) is 0 Å². The van der Waals surface area contributed by atoms with Crippen molar-refractivity contribution in [2.75, 3.05) is 19.0 Å². The molecule has 0 aliphatic heterocycles. The predicted octanol–water partition coefficient (Wildman–Crippen LogP) is 4.57. The van der Waals surface area contributed by atoms with Gasteiger partial charge in [0, 0.05) is 36.3 Å². The Morgan fingerprint density at radius 3 is 2.79 bits per heavy atom. The summed E-state index contributed by atoms with van der Waals surface area (Å²) in [5.74, 6) is 0.670. The molecule has 4 rings (SSSR count). The topological polar surface area (TPSA) is 89.0 Å². The summed E-state index contributed by atoms with van der Waals surface area (Å²) in [6.45, 7) is 2.40. The third kappa shape index (κ3) is 3.88. The van der Waals surface area contributed by atoms with Crippen molar-refractivity contribution >= 4 is 32.7 Å². The van der Waals surface area contributed by atoms with E-state index in [1.165, 1.54) is 11.3 Å². The number of carbonyl (C=O) groups excluding carboxylic acids is 1. The Kier molecular flexibility index (Phi) is 5.35. The zero-order chi connectivity index (χ0) is 20.2. The summed E-state index contributed by atoms with van der Waals surface area (Å²) in [5, 5.41) is 6.03. The van der Waals surface area contributed by atoms with Gasteiger partial charge in [0.25, 0.3) is 0 Å². The van der Waals surface area contributed by atoms with E-state index < -0.39 is 0 Å². The molecule has 146 valence electrons. The number of hydrogen-bond donors (Lipinski definition) is 2. The Balaban J connectivity index is 1.91. The third-order valence-electron chi connectivity index (χ3n) is 4.29. The number of carbonyl (C=O) groups is 1. The Hall–Kier alpha value is -3.52. The summed E-state index contributed by atoms with van der Waals surface area (Å²) in [5.41, 5.74) is 4.31. The van der Waals surface area contributed by atoms with E-state index in [0.717, 1.165) is 32.6 Å². The van der Waals surface area contributed by atoms with Gasteiger partial charge in [-0.1, -0.05) is 17.4 Å². The first-order valence-electron chi connectivity index (χ1n) is 9.08. The number of aromatic nitrogens is 3. The van der Waals surface area contributed by atoms with Gasteiger partial charge in [0.15, 0.2) is 5.13 Å². The van der Waals surface area contributed by atoms with Crippen LogP contribution in [0.4, 0.5) is 9.93 Å². The molecule has 0 saturated carbocycles. The van der Waals surface area contributed by atoms with Gasteiger partial charge >= 0.3 is 6.03 Å². The number of nitrogens with one attached hydrogen (secondary N) is 2. The van der Waals surface area contributed by atoms with Crippen LogP contribution in [0.3, 0.4) is 0 Å². The molecule has 4 aromatic rings. The number of nitrogens with zero attached hydrogens (tertiary/aromatic N) is 3. The van der Waals surface area contributed by atoms with E-state index in [1.54, 1.807) is 25.7 Å². The first-order valence-corrected chi connectivity index (χ1v) is 9.90. The molecule has 0 fully saturated rings. The van der Waals surface area contributed by atoms with Crippen molar-refractivity contribution in [3.05, 3.63) is 55.0 Å². The number of anilines is 1. The van der Waals surface area contributed by atoms with E-state index in [1.807, 2.05) is 37.3 Å². The highest BCUT2D eigenvalue weighted by molar-refractivity contribution is 7.22. The fourth-order valence-corrected chi connectivity index (χ4v) is 3.98. The van der Waals surface area contributed by atoms with Gasteiger partial charge < -0.3 is 10.1 Å². The summed E-state index contributed by atoms with van der Waals surface area (Å²) >= 11 is 1.40. The number of fused-ring (bicyclic) bond motifs is 1. The van der Waals surface area contributed by atoms with Gasteiger partial charge in [0.05, 0.1) is 17.3 Å². The normalized spacial score (nSPS) is 10.7. The van der Waals surface area contributed by atoms with Crippen LogP contribution < -0.4 is 15.4 Å². The lowest BCUT2D eigenvalue weighted by molar-refractivity contribution is 0.252. The molecule has 0 spiro atoms. The number of benzene rings is 1. The molecule has 2 amide bonds. The monoisotopic (exact) mass is 405 g/mol. The van der Waals surface area contributed by atoms with Crippen molar-refractivity contribution in [3.8, 4) is 28.1 Å². The second-order valence-corrected chi connectivity index (χ2v) is 7.17. The average molecular weight is 405 g/mol. The molecular weight excluding hydrogens is 386 g/mol. The van der Waals surface area contributed by atoms with E-state index in [2.05, 4.69) is 31.7 Å². The van der Waals surface area contributed by atoms with Crippen LogP contribution >= 0.6 is 11.3 Å². The van der Waals surface area contributed by atoms with Crippen LogP contribution in [0.1, 0.15) is 6.92 Å². The second kappa shape index (κ2) is 8.24. The molecule has 0 unspecified atom stereocenters. The maximum absolute atomic E-state index is 11.9. The van der Waals surface area contributed by atoms with Crippen molar-refractivity contribution in [3.63, 3.8) is 0 Å². The minimum atomic E-state index is -0.281. The predicted molar refractivity (Wildman–Crippen MR) is 115 cm³/mol. The number of urea groups is 1. The SMILES string of the molecule is CCNC(=O)Nc1nc2cc(-c3cccnc3)cc(-c3ncccc3OC)c2s1. The van der Waals surface area contributed by atoms with Gasteiger partial charge in [0.2, 0.25) is 0 Å². The van der Waals surface area contributed by atoms with E-state index in [4.69, 9.17) is 4.74 Å². The summed E-state index contributed by atoms with van der Waals surface area (Å²) < 4.78 is 6.45. The molecule has 3 heterocycles. The highest BCUT2D eigenvalue weighted by Crippen LogP contribution is 2.40. The highest BCUT2D eigenvalue weighted by Gasteiger charge is 2.17. The van der Waals surface area contributed by atoms with Crippen LogP contribution in [-0.4, -0.2) is 34.6 Å². The molecule has 29 heavy (non-hydrogen) atoms. The van der Waals surface area contributed by atoms with Crippen molar-refractivity contribution in [1.29, 1.82) is 0 Å². The summed E-state index contributed by atoms with van der Waals surface area (Å²) in [6, 6.07) is 11.4. The molecule has 0 saturated heterocycles. The number of methoxy groups -OCH3 is 1. The second-order valence-electron chi connectivity index (χ2n) is 6.17. The largest absolute Gasteiger partial charge is 0.494 e. The van der Waals surface area contributed by atoms with Gasteiger partial charge in [-0.05, 0) is 42.8 Å². The van der Waals surface area contributed by atoms with E-state index in [0.29, 0.717) is 17.4 Å². The summed E-state index contributed by atoms with van der Waals surface area (Å²) in [7, 11) is 1.62. The van der Waals surface area contributed by atoms with Crippen molar-refractivity contribution in [2.45, 2.75) is 6.92 Å². The molecule has 8 heteroatoms. The fourth-order valence-electron chi connectivity index (χ4n) is 3.02. The number of rotatable bonds is 5. The molecule has 1 aromatic carbocycles. The van der Waals surface area contributed by atoms with Crippen LogP contribution in [0.5, 0.6) is 5.75 Å². The van der Waals surface area contributed by atoms with Crippen molar-refractivity contribution in [1.82, 2.24) is 20.3 Å². The number of thiazole rings is 1. The minimum absolute atomic E-state index is 0.281. The lowest BCUT2D eigenvalue weighted by Gasteiger charge is -2.10. The zero-order valence-corrected chi connectivity index (χ0v) is 16.8. The van der Waals surface area contributed by atoms with Crippen LogP contribution in [0, 0.1) is 0 Å². The van der Waals surface area contributed by atoms with Gasteiger partial charge in [-0.2, -0.15) is 0 Å². The first-order chi connectivity index (χ1) is 14.2. The maximum Gasteiger partial charge on any atom is 0.321 e. The summed E-state index contributed by atoms with van der Waals surface area (Å²) in [4.78, 5) is 25.3. The molecular formula is C21H19N5O2S. The lowest BCUT2D eigenvalue weighted by Crippen LogP contribution is -2.28. The Morgan fingerprint density at radius 2 is 2.03 bits per heavy atom. The molecule has 0 bridgehead atoms. The van der Waals surface area contributed by atoms with Crippen LogP contribution in [0.2, 0.25) is 0 Å². The van der Waals surface area contributed by atoms with Gasteiger partial charge in [-0.25, -0.2) is 9.78 Å². The minimum Gasteiger partial charge on any atom is -0.494 e. The zero-order valence-electron chi connectivity index (χ0n) is 16.0. The lowest BCUT2D eigenvalue weighted by atomic mass is 10.0. The first kappa shape index (κ1) is 18.8. The van der Waals surface area contributed by atoms with E-state index in [-0.39, 0.29) is 6.03 Å². The van der Waals surface area contributed by atoms with Gasteiger partial charge in [-0.3, -0.25) is 15.3 Å². The van der Waals surface area contributed by atoms with Crippen LogP contribution in [0.25, 0.3) is 32.6 Å². The number of ether oxygens (including phenoxy) is 1. The highest BCUT2D eigenvalue weighted by atomic mass is 32.1. The van der Waals surface area contributed by atoms with Crippen molar-refractivity contribution in [2.24, 2.45) is 0 Å². The van der Waals surface area contributed by atoms with E-state index >= 15 is 0 Å². The molecule has 0 atom stereocenters. The quantitative estimate of drug-likeness (QED) is 0.508. The van der Waals surface area contributed by atoms with Crippen LogP contribution in [0.15, 0.2) is 55.0 Å². The van der Waals surface area contributed by atoms with E-state index in [9.17, 15) is 4.79 Å². The third-order valence-corrected chi connectivity index (χ3v) is 5.31. The standard InChI is InChI=1S/C21H19N5O2S/c1-3-23-20(27)26-21-25-16-11-14(13-6-4-8-22-12-13)10-15(19(16)29-21)18-17(28-2)7-5-9-24-18/h4-12H,3H2,1-2H3,(H2,23,25,26,27). The number of amides is 2. The molecule has 2 N–H and O–H groups in total. The fraction of sp³-hybridized carbons (Fsp3) is 0.143. The molecule has 7 nitrogen and oxygen atoms in total.